The van der Waals surface area contributed by atoms with E-state index in [9.17, 15) is 5.26 Å². The molecule has 0 aliphatic heterocycles. The van der Waals surface area contributed by atoms with Crippen LogP contribution in [0.4, 0.5) is 0 Å². The van der Waals surface area contributed by atoms with Crippen LogP contribution in [0, 0.1) is 11.3 Å². The van der Waals surface area contributed by atoms with Gasteiger partial charge >= 0.3 is 0 Å². The van der Waals surface area contributed by atoms with E-state index in [2.05, 4.69) is 19.2 Å². The minimum atomic E-state index is 0.681. The molecule has 0 atom stereocenters. The van der Waals surface area contributed by atoms with Crippen LogP contribution in [-0.2, 0) is 0 Å². The number of hydrogen-bond acceptors (Lipinski definition) is 1. The predicted octanol–water partition coefficient (Wildman–Crippen LogP) is 4.81. The molecule has 0 unspecified atom stereocenters. The Kier molecular flexibility index (Phi) is 3.95. The molecule has 2 rings (SSSR count). The largest absolute Gasteiger partial charge is 0.192 e. The lowest BCUT2D eigenvalue weighted by atomic mass is 9.92. The van der Waals surface area contributed by atoms with E-state index in [0.29, 0.717) is 12.0 Å². The highest BCUT2D eigenvalue weighted by Gasteiger charge is 2.11. The lowest BCUT2D eigenvalue weighted by Crippen LogP contribution is -1.92. The smallest absolute Gasteiger partial charge is 0.100 e. The molecule has 0 spiro atoms. The van der Waals surface area contributed by atoms with E-state index in [4.69, 9.17) is 0 Å². The zero-order valence-corrected chi connectivity index (χ0v) is 10.8. The first-order chi connectivity index (χ1) is 9.27. The summed E-state index contributed by atoms with van der Waals surface area (Å²) in [5.41, 5.74) is 4.51. The van der Waals surface area contributed by atoms with E-state index < -0.39 is 0 Å². The Morgan fingerprint density at radius 3 is 2.47 bits per heavy atom. The van der Waals surface area contributed by atoms with Crippen LogP contribution >= 0.6 is 0 Å². The Morgan fingerprint density at radius 2 is 1.84 bits per heavy atom. The van der Waals surface area contributed by atoms with Gasteiger partial charge in [0.1, 0.15) is 6.07 Å². The average Bonchev–Trinajstić information content (AvgIpc) is 2.47. The minimum absolute atomic E-state index is 0.681. The highest BCUT2D eigenvalue weighted by molar-refractivity contribution is 5.80. The summed E-state index contributed by atoms with van der Waals surface area (Å²) in [6.45, 7) is 7.75. The van der Waals surface area contributed by atoms with Crippen LogP contribution in [0.5, 0.6) is 0 Å². The molecule has 0 aromatic heterocycles. The van der Waals surface area contributed by atoms with Gasteiger partial charge < -0.3 is 0 Å². The molecular weight excluding hydrogens is 230 g/mol. The van der Waals surface area contributed by atoms with Gasteiger partial charge in [0.15, 0.2) is 0 Å². The van der Waals surface area contributed by atoms with Gasteiger partial charge in [-0.05, 0) is 23.1 Å². The second kappa shape index (κ2) is 5.84. The second-order valence-corrected chi connectivity index (χ2v) is 4.30. The third-order valence-electron chi connectivity index (χ3n) is 3.03. The summed E-state index contributed by atoms with van der Waals surface area (Å²) < 4.78 is 0. The van der Waals surface area contributed by atoms with Gasteiger partial charge in [-0.25, -0.2) is 0 Å². The fourth-order valence-corrected chi connectivity index (χ4v) is 2.11. The monoisotopic (exact) mass is 245 g/mol. The molecule has 0 amide bonds. The Bertz CT molecular complexity index is 645. The average molecular weight is 245 g/mol. The summed E-state index contributed by atoms with van der Waals surface area (Å²) in [5, 5.41) is 9.46. The van der Waals surface area contributed by atoms with Gasteiger partial charge in [0.25, 0.3) is 0 Å². The molecule has 2 aromatic carbocycles. The third-order valence-corrected chi connectivity index (χ3v) is 3.03. The number of nitrogens with zero attached hydrogens (tertiary/aromatic N) is 1. The molecule has 19 heavy (non-hydrogen) atoms. The molecule has 0 aliphatic rings. The summed E-state index contributed by atoms with van der Waals surface area (Å²) >= 11 is 0. The summed E-state index contributed by atoms with van der Waals surface area (Å²) in [7, 11) is 0. The van der Waals surface area contributed by atoms with Crippen molar-refractivity contribution in [3.63, 3.8) is 0 Å². The third kappa shape index (κ3) is 2.64. The van der Waals surface area contributed by atoms with Crippen molar-refractivity contribution >= 4 is 5.57 Å². The van der Waals surface area contributed by atoms with Crippen LogP contribution in [0.15, 0.2) is 67.8 Å². The summed E-state index contributed by atoms with van der Waals surface area (Å²) in [6, 6.07) is 18.1. The van der Waals surface area contributed by atoms with E-state index in [1.807, 2.05) is 48.5 Å². The van der Waals surface area contributed by atoms with Gasteiger partial charge in [0.2, 0.25) is 0 Å². The van der Waals surface area contributed by atoms with Crippen molar-refractivity contribution in [3.05, 3.63) is 78.9 Å². The number of nitriles is 1. The lowest BCUT2D eigenvalue weighted by molar-refractivity contribution is 1.38. The summed E-state index contributed by atoms with van der Waals surface area (Å²) in [4.78, 5) is 0. The SMILES string of the molecule is C=CCC(=C)c1cccc(-c2ccccc2)c1C#N. The van der Waals surface area contributed by atoms with Crippen molar-refractivity contribution in [1.29, 1.82) is 5.26 Å². The molecule has 0 saturated carbocycles. The highest BCUT2D eigenvalue weighted by atomic mass is 14.3. The van der Waals surface area contributed by atoms with Crippen molar-refractivity contribution in [2.45, 2.75) is 6.42 Å². The number of hydrogen-bond donors (Lipinski definition) is 0. The van der Waals surface area contributed by atoms with Crippen LogP contribution in [0.25, 0.3) is 16.7 Å². The maximum absolute atomic E-state index is 9.46. The topological polar surface area (TPSA) is 23.8 Å². The van der Waals surface area contributed by atoms with Gasteiger partial charge in [-0.1, -0.05) is 61.2 Å². The molecule has 0 N–H and O–H groups in total. The maximum atomic E-state index is 9.46. The van der Waals surface area contributed by atoms with E-state index in [1.165, 1.54) is 0 Å². The van der Waals surface area contributed by atoms with Crippen molar-refractivity contribution in [1.82, 2.24) is 0 Å². The van der Waals surface area contributed by atoms with Crippen LogP contribution in [0.1, 0.15) is 17.5 Å². The van der Waals surface area contributed by atoms with Crippen LogP contribution in [-0.4, -0.2) is 0 Å². The first kappa shape index (κ1) is 12.9. The summed E-state index contributed by atoms with van der Waals surface area (Å²) in [6.07, 6.45) is 2.49. The molecule has 0 radical (unpaired) electrons. The van der Waals surface area contributed by atoms with E-state index in [1.54, 1.807) is 6.08 Å². The Hall–Kier alpha value is -2.59. The van der Waals surface area contributed by atoms with Gasteiger partial charge in [-0.2, -0.15) is 5.26 Å². The molecule has 0 fully saturated rings. The standard InChI is InChI=1S/C18H15N/c1-3-8-14(2)16-11-7-12-17(18(16)13-19)15-9-5-4-6-10-15/h3-7,9-12H,1-2,8H2. The normalized spacial score (nSPS) is 9.63. The number of allylic oxidation sites excluding steroid dienone is 2. The van der Waals surface area contributed by atoms with E-state index in [-0.39, 0.29) is 0 Å². The van der Waals surface area contributed by atoms with Crippen molar-refractivity contribution in [2.24, 2.45) is 0 Å². The van der Waals surface area contributed by atoms with E-state index >= 15 is 0 Å². The van der Waals surface area contributed by atoms with Crippen molar-refractivity contribution in [3.8, 4) is 17.2 Å². The molecule has 0 saturated heterocycles. The Labute approximate surface area is 114 Å². The van der Waals surface area contributed by atoms with Crippen LogP contribution < -0.4 is 0 Å². The molecule has 0 bridgehead atoms. The van der Waals surface area contributed by atoms with Gasteiger partial charge in [0.05, 0.1) is 5.56 Å². The summed E-state index contributed by atoms with van der Waals surface area (Å²) in [5.74, 6) is 0. The predicted molar refractivity (Wildman–Crippen MR) is 80.4 cm³/mol. The molecule has 2 aromatic rings. The number of rotatable bonds is 4. The molecule has 0 heterocycles. The molecule has 1 heteroatoms. The van der Waals surface area contributed by atoms with Crippen molar-refractivity contribution < 1.29 is 0 Å². The quantitative estimate of drug-likeness (QED) is 0.709. The fraction of sp³-hybridized carbons (Fsp3) is 0.0556. The minimum Gasteiger partial charge on any atom is -0.192 e. The van der Waals surface area contributed by atoms with Crippen molar-refractivity contribution in [2.75, 3.05) is 0 Å². The number of benzene rings is 2. The highest BCUT2D eigenvalue weighted by Crippen LogP contribution is 2.29. The van der Waals surface area contributed by atoms with Crippen LogP contribution in [0.3, 0.4) is 0 Å². The first-order valence-electron chi connectivity index (χ1n) is 6.15. The van der Waals surface area contributed by atoms with Gasteiger partial charge in [-0.15, -0.1) is 6.58 Å². The maximum Gasteiger partial charge on any atom is 0.100 e. The molecular formula is C18H15N. The van der Waals surface area contributed by atoms with Gasteiger partial charge in [0, 0.05) is 5.56 Å². The first-order valence-corrected chi connectivity index (χ1v) is 6.15. The second-order valence-electron chi connectivity index (χ2n) is 4.30. The van der Waals surface area contributed by atoms with E-state index in [0.717, 1.165) is 22.3 Å². The lowest BCUT2D eigenvalue weighted by Gasteiger charge is -2.10. The molecule has 0 aliphatic carbocycles. The fourth-order valence-electron chi connectivity index (χ4n) is 2.11. The zero-order valence-electron chi connectivity index (χ0n) is 10.8. The zero-order chi connectivity index (χ0) is 13.7. The molecule has 92 valence electrons. The molecule has 1 nitrogen and oxygen atoms in total. The Morgan fingerprint density at radius 1 is 1.11 bits per heavy atom. The van der Waals surface area contributed by atoms with Crippen LogP contribution in [0.2, 0.25) is 0 Å². The van der Waals surface area contributed by atoms with Gasteiger partial charge in [-0.3, -0.25) is 0 Å². The Balaban J connectivity index is 2.59.